The van der Waals surface area contributed by atoms with Gasteiger partial charge in [-0.05, 0) is 26.7 Å². The molecule has 1 atom stereocenters. The third-order valence-electron chi connectivity index (χ3n) is 1.28. The standard InChI is InChI=1S/C8H19NO3S/c1-7(5-10)6-13(11,12)9-8(2,3)4/h7,9-10H,5-6H2,1-4H3. The molecule has 0 aliphatic rings. The zero-order chi connectivity index (χ0) is 10.7. The SMILES string of the molecule is CC(CO)CS(=O)(=O)NC(C)(C)C. The van der Waals surface area contributed by atoms with Gasteiger partial charge in [-0.2, -0.15) is 0 Å². The summed E-state index contributed by atoms with van der Waals surface area (Å²) in [5.41, 5.74) is -0.450. The van der Waals surface area contributed by atoms with Crippen LogP contribution in [0.25, 0.3) is 0 Å². The minimum Gasteiger partial charge on any atom is -0.396 e. The smallest absolute Gasteiger partial charge is 0.212 e. The molecule has 0 fully saturated rings. The summed E-state index contributed by atoms with van der Waals surface area (Å²) in [6.07, 6.45) is 0. The molecular formula is C8H19NO3S. The summed E-state index contributed by atoms with van der Waals surface area (Å²) < 4.78 is 25.3. The second kappa shape index (κ2) is 4.39. The minimum absolute atomic E-state index is 0.0270. The van der Waals surface area contributed by atoms with Gasteiger partial charge < -0.3 is 5.11 Å². The minimum atomic E-state index is -3.26. The first-order chi connectivity index (χ1) is 5.66. The van der Waals surface area contributed by atoms with Crippen molar-refractivity contribution in [2.75, 3.05) is 12.4 Å². The summed E-state index contributed by atoms with van der Waals surface area (Å²) >= 11 is 0. The lowest BCUT2D eigenvalue weighted by atomic mass is 10.1. The van der Waals surface area contributed by atoms with Gasteiger partial charge >= 0.3 is 0 Å². The largest absolute Gasteiger partial charge is 0.396 e. The van der Waals surface area contributed by atoms with Crippen LogP contribution in [0.5, 0.6) is 0 Å². The highest BCUT2D eigenvalue weighted by Gasteiger charge is 2.21. The maximum Gasteiger partial charge on any atom is 0.212 e. The van der Waals surface area contributed by atoms with E-state index in [2.05, 4.69) is 4.72 Å². The van der Waals surface area contributed by atoms with Crippen LogP contribution >= 0.6 is 0 Å². The Kier molecular flexibility index (Phi) is 4.35. The van der Waals surface area contributed by atoms with Crippen LogP contribution < -0.4 is 4.72 Å². The molecule has 0 aliphatic heterocycles. The van der Waals surface area contributed by atoms with E-state index in [-0.39, 0.29) is 18.3 Å². The molecule has 80 valence electrons. The molecule has 0 amide bonds. The average Bonchev–Trinajstić information content (AvgIpc) is 1.80. The molecule has 0 spiro atoms. The van der Waals surface area contributed by atoms with E-state index >= 15 is 0 Å². The molecular weight excluding hydrogens is 190 g/mol. The van der Waals surface area contributed by atoms with E-state index in [1.165, 1.54) is 0 Å². The summed E-state index contributed by atoms with van der Waals surface area (Å²) in [4.78, 5) is 0. The molecule has 0 aromatic carbocycles. The van der Waals surface area contributed by atoms with Gasteiger partial charge in [0.25, 0.3) is 0 Å². The van der Waals surface area contributed by atoms with Crippen molar-refractivity contribution in [3.63, 3.8) is 0 Å². The number of sulfonamides is 1. The Hall–Kier alpha value is -0.130. The molecule has 0 aliphatic carbocycles. The number of aliphatic hydroxyl groups is 1. The summed E-state index contributed by atoms with van der Waals surface area (Å²) in [6.45, 7) is 6.95. The molecule has 0 aromatic heterocycles. The zero-order valence-electron chi connectivity index (χ0n) is 8.66. The molecule has 0 aromatic rings. The normalized spacial score (nSPS) is 15.8. The summed E-state index contributed by atoms with van der Waals surface area (Å²) in [6, 6.07) is 0. The first-order valence-corrected chi connectivity index (χ1v) is 5.94. The topological polar surface area (TPSA) is 66.4 Å². The molecule has 5 heteroatoms. The number of rotatable bonds is 4. The molecule has 13 heavy (non-hydrogen) atoms. The molecule has 0 radical (unpaired) electrons. The van der Waals surface area contributed by atoms with Gasteiger partial charge in [0, 0.05) is 12.1 Å². The molecule has 2 N–H and O–H groups in total. The molecule has 0 saturated heterocycles. The first kappa shape index (κ1) is 12.9. The van der Waals surface area contributed by atoms with E-state index in [4.69, 9.17) is 5.11 Å². The first-order valence-electron chi connectivity index (χ1n) is 4.29. The molecule has 0 rings (SSSR count). The van der Waals surface area contributed by atoms with Crippen LogP contribution in [0.1, 0.15) is 27.7 Å². The molecule has 0 bridgehead atoms. The number of nitrogens with one attached hydrogen (secondary N) is 1. The van der Waals surface area contributed by atoms with Gasteiger partial charge in [0.05, 0.1) is 5.75 Å². The van der Waals surface area contributed by atoms with E-state index in [1.54, 1.807) is 27.7 Å². The van der Waals surface area contributed by atoms with Crippen molar-refractivity contribution in [1.29, 1.82) is 0 Å². The third kappa shape index (κ3) is 6.98. The molecule has 0 saturated carbocycles. The number of hydrogen-bond donors (Lipinski definition) is 2. The van der Waals surface area contributed by atoms with E-state index in [9.17, 15) is 8.42 Å². The molecule has 0 heterocycles. The van der Waals surface area contributed by atoms with Crippen LogP contribution in [0.3, 0.4) is 0 Å². The Morgan fingerprint density at radius 1 is 1.38 bits per heavy atom. The highest BCUT2D eigenvalue weighted by Crippen LogP contribution is 2.05. The van der Waals surface area contributed by atoms with Crippen LogP contribution in [0, 0.1) is 5.92 Å². The zero-order valence-corrected chi connectivity index (χ0v) is 9.48. The van der Waals surface area contributed by atoms with Gasteiger partial charge in [0.2, 0.25) is 10.0 Å². The fourth-order valence-corrected chi connectivity index (χ4v) is 2.81. The predicted octanol–water partition coefficient (Wildman–Crippen LogP) is 0.333. The Labute approximate surface area is 80.4 Å². The Morgan fingerprint density at radius 2 is 1.85 bits per heavy atom. The lowest BCUT2D eigenvalue weighted by Gasteiger charge is -2.21. The maximum absolute atomic E-state index is 11.4. The van der Waals surface area contributed by atoms with Crippen LogP contribution in [0.15, 0.2) is 0 Å². The van der Waals surface area contributed by atoms with Crippen LogP contribution in [-0.2, 0) is 10.0 Å². The van der Waals surface area contributed by atoms with E-state index in [0.29, 0.717) is 0 Å². The van der Waals surface area contributed by atoms with Crippen molar-refractivity contribution in [3.05, 3.63) is 0 Å². The van der Waals surface area contributed by atoms with Gasteiger partial charge in [-0.3, -0.25) is 0 Å². The van der Waals surface area contributed by atoms with E-state index in [0.717, 1.165) is 0 Å². The van der Waals surface area contributed by atoms with Crippen molar-refractivity contribution < 1.29 is 13.5 Å². The maximum atomic E-state index is 11.4. The highest BCUT2D eigenvalue weighted by molar-refractivity contribution is 7.89. The fourth-order valence-electron chi connectivity index (χ4n) is 0.935. The van der Waals surface area contributed by atoms with Crippen LogP contribution in [-0.4, -0.2) is 31.4 Å². The lowest BCUT2D eigenvalue weighted by molar-refractivity contribution is 0.248. The molecule has 1 unspecified atom stereocenters. The van der Waals surface area contributed by atoms with E-state index in [1.807, 2.05) is 0 Å². The summed E-state index contributed by atoms with van der Waals surface area (Å²) in [5.74, 6) is -0.249. The average molecular weight is 209 g/mol. The van der Waals surface area contributed by atoms with Crippen molar-refractivity contribution >= 4 is 10.0 Å². The summed E-state index contributed by atoms with van der Waals surface area (Å²) in [7, 11) is -3.26. The number of hydrogen-bond acceptors (Lipinski definition) is 3. The van der Waals surface area contributed by atoms with Gasteiger partial charge in [0.1, 0.15) is 0 Å². The Morgan fingerprint density at radius 3 is 2.15 bits per heavy atom. The van der Waals surface area contributed by atoms with Gasteiger partial charge in [0.15, 0.2) is 0 Å². The van der Waals surface area contributed by atoms with Crippen LogP contribution in [0.4, 0.5) is 0 Å². The fraction of sp³-hybridized carbons (Fsp3) is 1.00. The molecule has 4 nitrogen and oxygen atoms in total. The van der Waals surface area contributed by atoms with Gasteiger partial charge in [-0.1, -0.05) is 6.92 Å². The van der Waals surface area contributed by atoms with E-state index < -0.39 is 15.6 Å². The second-order valence-corrected chi connectivity index (χ2v) is 6.19. The highest BCUT2D eigenvalue weighted by atomic mass is 32.2. The predicted molar refractivity (Wildman–Crippen MR) is 52.9 cm³/mol. The van der Waals surface area contributed by atoms with Crippen molar-refractivity contribution in [3.8, 4) is 0 Å². The second-order valence-electron chi connectivity index (χ2n) is 4.42. The van der Waals surface area contributed by atoms with Crippen LogP contribution in [0.2, 0.25) is 0 Å². The third-order valence-corrected chi connectivity index (χ3v) is 3.21. The monoisotopic (exact) mass is 209 g/mol. The van der Waals surface area contributed by atoms with Crippen molar-refractivity contribution in [2.24, 2.45) is 5.92 Å². The quantitative estimate of drug-likeness (QED) is 0.701. The van der Waals surface area contributed by atoms with Crippen molar-refractivity contribution in [2.45, 2.75) is 33.2 Å². The van der Waals surface area contributed by atoms with Crippen molar-refractivity contribution in [1.82, 2.24) is 4.72 Å². The van der Waals surface area contributed by atoms with Gasteiger partial charge in [-0.15, -0.1) is 0 Å². The number of aliphatic hydroxyl groups excluding tert-OH is 1. The Bertz CT molecular complexity index is 241. The summed E-state index contributed by atoms with van der Waals surface area (Å²) in [5, 5.41) is 8.70. The Balaban J connectivity index is 4.27. The van der Waals surface area contributed by atoms with Gasteiger partial charge in [-0.25, -0.2) is 13.1 Å². The lowest BCUT2D eigenvalue weighted by Crippen LogP contribution is -2.43.